The summed E-state index contributed by atoms with van der Waals surface area (Å²) in [5, 5.41) is 30.9. The summed E-state index contributed by atoms with van der Waals surface area (Å²) in [6.45, 7) is 3.73. The van der Waals surface area contributed by atoms with Gasteiger partial charge in [0.2, 0.25) is 0 Å². The molecular weight excluding hydrogens is 765 g/mol. The van der Waals surface area contributed by atoms with Gasteiger partial charge in [0.05, 0.1) is 6.61 Å². The predicted molar refractivity (Wildman–Crippen MR) is 229 cm³/mol. The van der Waals surface area contributed by atoms with Crippen molar-refractivity contribution >= 4 is 22.1 Å². The minimum atomic E-state index is -4.60. The van der Waals surface area contributed by atoms with Gasteiger partial charge in [0.1, 0.15) is 36.8 Å². The zero-order chi connectivity index (χ0) is 42.7. The number of unbranched alkanes of at least 4 members (excludes halogenated alkanes) is 22. The highest BCUT2D eigenvalue weighted by atomic mass is 32.2. The highest BCUT2D eigenvalue weighted by Gasteiger charge is 2.46. The van der Waals surface area contributed by atoms with Crippen molar-refractivity contribution in [2.75, 3.05) is 19.0 Å². The average molecular weight is 847 g/mol. The number of carbonyl (C=O) groups excluding carboxylic acids is 2. The van der Waals surface area contributed by atoms with Crippen molar-refractivity contribution in [3.8, 4) is 0 Å². The van der Waals surface area contributed by atoms with Gasteiger partial charge in [-0.3, -0.25) is 14.1 Å². The summed E-state index contributed by atoms with van der Waals surface area (Å²) >= 11 is 0. The van der Waals surface area contributed by atoms with Crippen LogP contribution in [0.1, 0.15) is 194 Å². The molecule has 1 aliphatic heterocycles. The number of hydrogen-bond donors (Lipinski definition) is 4. The Morgan fingerprint density at radius 2 is 0.983 bits per heavy atom. The van der Waals surface area contributed by atoms with Gasteiger partial charge in [0.15, 0.2) is 12.4 Å². The molecule has 0 aromatic carbocycles. The SMILES string of the molecule is CCCCCC/C=C/CCCCCCCCCCCC(=O)O[C@H](COC(=O)CCCCCCC/C=C/CCCCCC)CO[C@H]1O[C@H](CS(=O)(=O)O)[C@@H](O)C(O)C1O. The van der Waals surface area contributed by atoms with Crippen LogP contribution in [-0.2, 0) is 38.7 Å². The maximum atomic E-state index is 12.8. The minimum absolute atomic E-state index is 0.162. The van der Waals surface area contributed by atoms with E-state index in [9.17, 15) is 37.9 Å². The molecule has 12 nitrogen and oxygen atoms in total. The highest BCUT2D eigenvalue weighted by Crippen LogP contribution is 2.24. The molecule has 0 amide bonds. The Kier molecular flexibility index (Phi) is 33.5. The topological polar surface area (TPSA) is 186 Å². The Hall–Kier alpha value is -1.87. The molecule has 1 heterocycles. The van der Waals surface area contributed by atoms with Crippen LogP contribution in [0.5, 0.6) is 0 Å². The molecule has 0 bridgehead atoms. The maximum absolute atomic E-state index is 12.8. The van der Waals surface area contributed by atoms with E-state index in [1.54, 1.807) is 0 Å². The quantitative estimate of drug-likeness (QED) is 0.0200. The average Bonchev–Trinajstić information content (AvgIpc) is 3.18. The normalized spacial score (nSPS) is 20.6. The van der Waals surface area contributed by atoms with Crippen molar-refractivity contribution in [3.63, 3.8) is 0 Å². The fourth-order valence-corrected chi connectivity index (χ4v) is 7.59. The Morgan fingerprint density at radius 1 is 0.569 bits per heavy atom. The van der Waals surface area contributed by atoms with Crippen LogP contribution in [-0.4, -0.2) is 96.0 Å². The number of rotatable bonds is 38. The Morgan fingerprint density at radius 3 is 1.43 bits per heavy atom. The zero-order valence-electron chi connectivity index (χ0n) is 36.2. The van der Waals surface area contributed by atoms with Crippen molar-refractivity contribution in [1.29, 1.82) is 0 Å². The lowest BCUT2D eigenvalue weighted by atomic mass is 10.00. The van der Waals surface area contributed by atoms with E-state index >= 15 is 0 Å². The summed E-state index contributed by atoms with van der Waals surface area (Å²) in [5.41, 5.74) is 0. The summed E-state index contributed by atoms with van der Waals surface area (Å²) < 4.78 is 54.0. The highest BCUT2D eigenvalue weighted by molar-refractivity contribution is 7.85. The number of ether oxygens (including phenoxy) is 4. The molecule has 0 aromatic rings. The fourth-order valence-electron chi connectivity index (χ4n) is 6.90. The lowest BCUT2D eigenvalue weighted by molar-refractivity contribution is -0.297. The number of aliphatic hydroxyl groups is 3. The van der Waals surface area contributed by atoms with Crippen molar-refractivity contribution < 1.29 is 56.8 Å². The van der Waals surface area contributed by atoms with E-state index in [1.165, 1.54) is 96.3 Å². The van der Waals surface area contributed by atoms with Gasteiger partial charge in [-0.15, -0.1) is 0 Å². The van der Waals surface area contributed by atoms with Gasteiger partial charge in [0.25, 0.3) is 10.1 Å². The molecule has 58 heavy (non-hydrogen) atoms. The van der Waals surface area contributed by atoms with Crippen molar-refractivity contribution in [2.45, 2.75) is 230 Å². The molecule has 0 radical (unpaired) electrons. The summed E-state index contributed by atoms with van der Waals surface area (Å²) in [7, 11) is -4.60. The van der Waals surface area contributed by atoms with Crippen LogP contribution >= 0.6 is 0 Å². The summed E-state index contributed by atoms with van der Waals surface area (Å²) in [6.07, 6.45) is 29.3. The molecule has 1 saturated heterocycles. The lowest BCUT2D eigenvalue weighted by Gasteiger charge is -2.40. The lowest BCUT2D eigenvalue weighted by Crippen LogP contribution is -2.60. The number of esters is 2. The second-order valence-corrected chi connectivity index (χ2v) is 17.6. The van der Waals surface area contributed by atoms with E-state index in [2.05, 4.69) is 38.2 Å². The molecule has 1 aliphatic rings. The Labute approximate surface area is 351 Å². The third-order valence-electron chi connectivity index (χ3n) is 10.5. The Balaban J connectivity index is 2.44. The molecular formula is C45H82O12S. The van der Waals surface area contributed by atoms with Gasteiger partial charge < -0.3 is 34.3 Å². The van der Waals surface area contributed by atoms with Crippen LogP contribution in [0.4, 0.5) is 0 Å². The molecule has 0 aliphatic carbocycles. The second-order valence-electron chi connectivity index (χ2n) is 16.1. The van der Waals surface area contributed by atoms with E-state index in [4.69, 9.17) is 18.9 Å². The maximum Gasteiger partial charge on any atom is 0.306 e. The first kappa shape index (κ1) is 54.1. The summed E-state index contributed by atoms with van der Waals surface area (Å²) in [4.78, 5) is 25.4. The smallest absolute Gasteiger partial charge is 0.306 e. The van der Waals surface area contributed by atoms with Gasteiger partial charge in [-0.1, -0.05) is 141 Å². The van der Waals surface area contributed by atoms with Crippen molar-refractivity contribution in [2.24, 2.45) is 0 Å². The van der Waals surface area contributed by atoms with Crippen LogP contribution in [0, 0.1) is 0 Å². The summed E-state index contributed by atoms with van der Waals surface area (Å²) in [6, 6.07) is 0. The van der Waals surface area contributed by atoms with E-state index in [0.29, 0.717) is 12.8 Å². The van der Waals surface area contributed by atoms with Gasteiger partial charge in [0, 0.05) is 12.8 Å². The first-order valence-corrected chi connectivity index (χ1v) is 24.5. The second kappa shape index (κ2) is 35.8. The standard InChI is InChI=1S/C45H82O12S/c1-3-5-7-9-11-13-15-17-18-19-20-22-24-26-28-30-32-34-41(47)56-38(36-55-45-44(50)43(49)42(48)39(57-45)37-58(51,52)53)35-54-40(46)33-31-29-27-25-23-21-16-14-12-10-8-6-4-2/h13-16,38-39,42-45,48-50H,3-12,17-37H2,1-2H3,(H,51,52,53)/b15-13+,16-14+/t38-,39-,42-,43?,44?,45+/m1/s1. The largest absolute Gasteiger partial charge is 0.462 e. The van der Waals surface area contributed by atoms with Crippen LogP contribution in [0.3, 0.4) is 0 Å². The fraction of sp³-hybridized carbons (Fsp3) is 0.867. The van der Waals surface area contributed by atoms with Crippen LogP contribution < -0.4 is 0 Å². The first-order valence-electron chi connectivity index (χ1n) is 22.9. The van der Waals surface area contributed by atoms with Gasteiger partial charge >= 0.3 is 11.9 Å². The molecule has 2 unspecified atom stereocenters. The molecule has 1 rings (SSSR count). The number of allylic oxidation sites excluding steroid dienone is 4. The summed E-state index contributed by atoms with van der Waals surface area (Å²) in [5.74, 6) is -1.99. The minimum Gasteiger partial charge on any atom is -0.462 e. The van der Waals surface area contributed by atoms with Crippen molar-refractivity contribution in [3.05, 3.63) is 24.3 Å². The molecule has 1 fully saturated rings. The number of carbonyl (C=O) groups is 2. The van der Waals surface area contributed by atoms with Gasteiger partial charge in [-0.25, -0.2) is 0 Å². The molecule has 6 atom stereocenters. The number of aliphatic hydroxyl groups excluding tert-OH is 3. The Bertz CT molecular complexity index is 1180. The van der Waals surface area contributed by atoms with E-state index in [0.717, 1.165) is 57.8 Å². The van der Waals surface area contributed by atoms with Crippen LogP contribution in [0.15, 0.2) is 24.3 Å². The third-order valence-corrected chi connectivity index (χ3v) is 11.3. The van der Waals surface area contributed by atoms with Crippen LogP contribution in [0.25, 0.3) is 0 Å². The first-order chi connectivity index (χ1) is 28.0. The molecule has 0 aromatic heterocycles. The molecule has 0 saturated carbocycles. The van der Waals surface area contributed by atoms with Crippen molar-refractivity contribution in [1.82, 2.24) is 0 Å². The predicted octanol–water partition coefficient (Wildman–Crippen LogP) is 9.23. The van der Waals surface area contributed by atoms with E-state index < -0.39 is 71.2 Å². The monoisotopic (exact) mass is 847 g/mol. The van der Waals surface area contributed by atoms with E-state index in [1.807, 2.05) is 0 Å². The molecule has 4 N–H and O–H groups in total. The van der Waals surface area contributed by atoms with Gasteiger partial charge in [-0.05, 0) is 64.2 Å². The van der Waals surface area contributed by atoms with E-state index in [-0.39, 0.29) is 19.4 Å². The third kappa shape index (κ3) is 30.2. The molecule has 340 valence electrons. The van der Waals surface area contributed by atoms with Gasteiger partial charge in [-0.2, -0.15) is 8.42 Å². The zero-order valence-corrected chi connectivity index (χ0v) is 37.0. The van der Waals surface area contributed by atoms with Crippen LogP contribution in [0.2, 0.25) is 0 Å². The number of hydrogen-bond acceptors (Lipinski definition) is 11. The molecule has 13 heteroatoms. The molecule has 0 spiro atoms.